The number of rotatable bonds is 4. The first kappa shape index (κ1) is 10.9. The maximum absolute atomic E-state index is 5.21. The molecule has 0 radical (unpaired) electrons. The zero-order valence-corrected chi connectivity index (χ0v) is 10.2. The zero-order valence-electron chi connectivity index (χ0n) is 7.76. The Balaban J connectivity index is 2.46. The lowest BCUT2D eigenvalue weighted by Crippen LogP contribution is -2.23. The smallest absolute Gasteiger partial charge is 0.104 e. The molecular formula is C9H16S3. The molecule has 70 valence electrons. The maximum atomic E-state index is 5.21. The third-order valence-electron chi connectivity index (χ3n) is 2.38. The van der Waals surface area contributed by atoms with Gasteiger partial charge in [0.05, 0.1) is 0 Å². The highest BCUT2D eigenvalue weighted by Gasteiger charge is 2.35. The predicted molar refractivity (Wildman–Crippen MR) is 65.2 cm³/mol. The van der Waals surface area contributed by atoms with Gasteiger partial charge in [-0.1, -0.05) is 38.9 Å². The van der Waals surface area contributed by atoms with Crippen molar-refractivity contribution in [3.05, 3.63) is 0 Å². The van der Waals surface area contributed by atoms with E-state index in [0.717, 1.165) is 3.53 Å². The summed E-state index contributed by atoms with van der Waals surface area (Å²) in [4.78, 5) is 0. The molecule has 0 aromatic rings. The SMILES string of the molecule is CCCCC1(CC)CSC(=S)S1. The molecule has 0 aromatic carbocycles. The Bertz CT molecular complexity index is 167. The highest BCUT2D eigenvalue weighted by Crippen LogP contribution is 2.47. The van der Waals surface area contributed by atoms with Crippen LogP contribution >= 0.6 is 35.7 Å². The van der Waals surface area contributed by atoms with Crippen LogP contribution in [-0.2, 0) is 0 Å². The third kappa shape index (κ3) is 2.64. The number of unbranched alkanes of at least 4 members (excludes halogenated alkanes) is 1. The Kier molecular flexibility index (Phi) is 4.41. The van der Waals surface area contributed by atoms with Gasteiger partial charge in [0, 0.05) is 10.5 Å². The van der Waals surface area contributed by atoms with Gasteiger partial charge in [-0.05, 0) is 12.8 Å². The summed E-state index contributed by atoms with van der Waals surface area (Å²) in [5.41, 5.74) is 0. The van der Waals surface area contributed by atoms with Gasteiger partial charge in [0.1, 0.15) is 3.53 Å². The minimum absolute atomic E-state index is 0.498. The van der Waals surface area contributed by atoms with E-state index in [1.165, 1.54) is 31.4 Å². The fourth-order valence-electron chi connectivity index (χ4n) is 1.40. The average Bonchev–Trinajstić information content (AvgIpc) is 2.45. The van der Waals surface area contributed by atoms with Gasteiger partial charge in [-0.15, -0.1) is 23.5 Å². The van der Waals surface area contributed by atoms with E-state index < -0.39 is 0 Å². The van der Waals surface area contributed by atoms with Crippen molar-refractivity contribution in [2.45, 2.75) is 44.3 Å². The fraction of sp³-hybridized carbons (Fsp3) is 0.889. The molecule has 0 amide bonds. The van der Waals surface area contributed by atoms with E-state index >= 15 is 0 Å². The quantitative estimate of drug-likeness (QED) is 0.655. The summed E-state index contributed by atoms with van der Waals surface area (Å²) < 4.78 is 1.66. The van der Waals surface area contributed by atoms with Crippen LogP contribution in [0.15, 0.2) is 0 Å². The topological polar surface area (TPSA) is 0 Å². The molecule has 0 aromatic heterocycles. The minimum Gasteiger partial charge on any atom is -0.106 e. The largest absolute Gasteiger partial charge is 0.106 e. The fourth-order valence-corrected chi connectivity index (χ4v) is 4.94. The molecule has 1 atom stereocenters. The van der Waals surface area contributed by atoms with Gasteiger partial charge in [-0.2, -0.15) is 0 Å². The van der Waals surface area contributed by atoms with Crippen LogP contribution in [0.2, 0.25) is 0 Å². The van der Waals surface area contributed by atoms with Crippen LogP contribution in [0, 0.1) is 0 Å². The van der Waals surface area contributed by atoms with Crippen LogP contribution < -0.4 is 0 Å². The second-order valence-corrected chi connectivity index (χ2v) is 6.93. The molecule has 0 aliphatic carbocycles. The normalized spacial score (nSPS) is 29.7. The van der Waals surface area contributed by atoms with E-state index in [0.29, 0.717) is 4.75 Å². The molecule has 1 saturated heterocycles. The molecule has 1 aliphatic rings. The van der Waals surface area contributed by atoms with Crippen LogP contribution in [0.4, 0.5) is 0 Å². The average molecular weight is 220 g/mol. The molecule has 1 rings (SSSR count). The molecule has 1 aliphatic heterocycles. The number of hydrogen-bond acceptors (Lipinski definition) is 3. The van der Waals surface area contributed by atoms with Crippen molar-refractivity contribution in [3.63, 3.8) is 0 Å². The molecule has 0 spiro atoms. The highest BCUT2D eigenvalue weighted by molar-refractivity contribution is 8.49. The standard InChI is InChI=1S/C9H16S3/c1-3-5-6-9(4-2)7-11-8(10)12-9/h3-7H2,1-2H3. The molecule has 1 fully saturated rings. The second kappa shape index (κ2) is 4.87. The summed E-state index contributed by atoms with van der Waals surface area (Å²) in [7, 11) is 0. The van der Waals surface area contributed by atoms with Gasteiger partial charge in [0.25, 0.3) is 0 Å². The van der Waals surface area contributed by atoms with Gasteiger partial charge < -0.3 is 0 Å². The van der Waals surface area contributed by atoms with Crippen molar-refractivity contribution in [1.29, 1.82) is 0 Å². The van der Waals surface area contributed by atoms with Crippen molar-refractivity contribution in [2.24, 2.45) is 0 Å². The molecular weight excluding hydrogens is 204 g/mol. The molecule has 0 bridgehead atoms. The van der Waals surface area contributed by atoms with Crippen LogP contribution in [-0.4, -0.2) is 14.0 Å². The number of thioether (sulfide) groups is 2. The van der Waals surface area contributed by atoms with Gasteiger partial charge in [-0.3, -0.25) is 0 Å². The van der Waals surface area contributed by atoms with Gasteiger partial charge in [-0.25, -0.2) is 0 Å². The first-order valence-corrected chi connectivity index (χ1v) is 6.79. The van der Waals surface area contributed by atoms with Gasteiger partial charge in [0.15, 0.2) is 0 Å². The Morgan fingerprint density at radius 1 is 1.50 bits per heavy atom. The molecule has 3 heteroatoms. The summed E-state index contributed by atoms with van der Waals surface area (Å²) in [5.74, 6) is 1.24. The maximum Gasteiger partial charge on any atom is 0.104 e. The first-order valence-electron chi connectivity index (χ1n) is 4.58. The zero-order chi connectivity index (χ0) is 9.03. The molecule has 1 unspecified atom stereocenters. The predicted octanol–water partition coefficient (Wildman–Crippen LogP) is 4.09. The lowest BCUT2D eigenvalue weighted by Gasteiger charge is -2.24. The summed E-state index contributed by atoms with van der Waals surface area (Å²) in [6.07, 6.45) is 5.27. The third-order valence-corrected chi connectivity index (χ3v) is 5.94. The number of hydrogen-bond donors (Lipinski definition) is 0. The Hall–Kier alpha value is 0.790. The van der Waals surface area contributed by atoms with Crippen LogP contribution in [0.3, 0.4) is 0 Å². The Morgan fingerprint density at radius 2 is 2.25 bits per heavy atom. The van der Waals surface area contributed by atoms with Crippen molar-refractivity contribution in [1.82, 2.24) is 0 Å². The van der Waals surface area contributed by atoms with E-state index in [4.69, 9.17) is 12.2 Å². The lowest BCUT2D eigenvalue weighted by molar-refractivity contribution is 0.550. The number of thiocarbonyl (C=S) groups is 1. The summed E-state index contributed by atoms with van der Waals surface area (Å²) in [6, 6.07) is 0. The van der Waals surface area contributed by atoms with Crippen molar-refractivity contribution in [2.75, 3.05) is 5.75 Å². The molecule has 1 heterocycles. The minimum atomic E-state index is 0.498. The molecule has 0 N–H and O–H groups in total. The first-order chi connectivity index (χ1) is 5.72. The van der Waals surface area contributed by atoms with Gasteiger partial charge in [0.2, 0.25) is 0 Å². The van der Waals surface area contributed by atoms with Crippen LogP contribution in [0.5, 0.6) is 0 Å². The molecule has 0 saturated carbocycles. The lowest BCUT2D eigenvalue weighted by atomic mass is 10.0. The van der Waals surface area contributed by atoms with Crippen molar-refractivity contribution >= 4 is 39.3 Å². The molecule has 0 nitrogen and oxygen atoms in total. The van der Waals surface area contributed by atoms with E-state index in [2.05, 4.69) is 13.8 Å². The summed E-state index contributed by atoms with van der Waals surface area (Å²) in [5, 5.41) is 0. The monoisotopic (exact) mass is 220 g/mol. The van der Waals surface area contributed by atoms with E-state index in [1.54, 1.807) is 0 Å². The summed E-state index contributed by atoms with van der Waals surface area (Å²) >= 11 is 9.03. The van der Waals surface area contributed by atoms with E-state index in [-0.39, 0.29) is 0 Å². The molecule has 12 heavy (non-hydrogen) atoms. The summed E-state index contributed by atoms with van der Waals surface area (Å²) in [6.45, 7) is 4.55. The van der Waals surface area contributed by atoms with Crippen molar-refractivity contribution < 1.29 is 0 Å². The highest BCUT2D eigenvalue weighted by atomic mass is 32.2. The van der Waals surface area contributed by atoms with Crippen molar-refractivity contribution in [3.8, 4) is 0 Å². The van der Waals surface area contributed by atoms with Gasteiger partial charge >= 0.3 is 0 Å². The van der Waals surface area contributed by atoms with E-state index in [1.807, 2.05) is 23.5 Å². The Labute approximate surface area is 89.3 Å². The van der Waals surface area contributed by atoms with Crippen LogP contribution in [0.1, 0.15) is 39.5 Å². The second-order valence-electron chi connectivity index (χ2n) is 3.28. The van der Waals surface area contributed by atoms with Crippen LogP contribution in [0.25, 0.3) is 0 Å². The Morgan fingerprint density at radius 3 is 2.67 bits per heavy atom. The van der Waals surface area contributed by atoms with E-state index in [9.17, 15) is 0 Å².